The average molecular weight is 551 g/mol. The number of fused-ring (bicyclic) bond motifs is 1. The van der Waals surface area contributed by atoms with E-state index in [-0.39, 0.29) is 23.9 Å². The molecule has 0 aromatic heterocycles. The van der Waals surface area contributed by atoms with Crippen LogP contribution in [0.4, 0.5) is 4.39 Å². The maximum absolute atomic E-state index is 15.2. The quantitative estimate of drug-likeness (QED) is 0.433. The molecule has 1 aliphatic heterocycles. The third kappa shape index (κ3) is 6.31. The van der Waals surface area contributed by atoms with E-state index in [9.17, 15) is 5.11 Å². The highest BCUT2D eigenvalue weighted by molar-refractivity contribution is 5.38. The number of aromatic hydroxyl groups is 1. The summed E-state index contributed by atoms with van der Waals surface area (Å²) in [6, 6.07) is 11.2. The van der Waals surface area contributed by atoms with Crippen molar-refractivity contribution in [3.05, 3.63) is 82.6 Å². The number of likely N-dealkylation sites (N-methyl/N-ethyl adjacent to an activating group) is 1. The summed E-state index contributed by atoms with van der Waals surface area (Å²) in [6.07, 6.45) is 9.20. The number of aryl methyl sites for hydroxylation is 1. The summed E-state index contributed by atoms with van der Waals surface area (Å²) in [4.78, 5) is 4.67. The SMILES string of the molecule is CCN(Cc1ccc(OC2CCN(C)CC2)c(F)c1)C1C=C(OC)C(OC)=CC1[C@@H]1CCc2cc(O)ccc2C1. The van der Waals surface area contributed by atoms with Gasteiger partial charge in [-0.15, -0.1) is 0 Å². The molecule has 1 heterocycles. The second-order valence-corrected chi connectivity index (χ2v) is 11.4. The standard InChI is InChI=1S/C33H43FN2O4/c1-5-36(21-22-6-11-31(29(34)16-22)40-27-12-14-35(2)15-13-27)30-20-33(39-4)32(38-3)19-28(30)25-8-7-24-18-26(37)10-9-23(24)17-25/h6,9-11,16,18-20,25,27-28,30,37H,5,7-8,12-15,17,21H2,1-4H3/t25-,28?,30?/m1/s1. The fourth-order valence-corrected chi connectivity index (χ4v) is 6.59. The molecule has 2 unspecified atom stereocenters. The van der Waals surface area contributed by atoms with Gasteiger partial charge in [-0.05, 0) is 105 Å². The Hall–Kier alpha value is -3.03. The highest BCUT2D eigenvalue weighted by Crippen LogP contribution is 2.40. The lowest BCUT2D eigenvalue weighted by Gasteiger charge is -2.41. The predicted octanol–water partition coefficient (Wildman–Crippen LogP) is 5.69. The summed E-state index contributed by atoms with van der Waals surface area (Å²) in [7, 11) is 5.47. The predicted molar refractivity (Wildman–Crippen MR) is 155 cm³/mol. The van der Waals surface area contributed by atoms with Crippen LogP contribution in [0.1, 0.15) is 42.9 Å². The van der Waals surface area contributed by atoms with Crippen LogP contribution < -0.4 is 4.74 Å². The number of phenolic OH excluding ortho intramolecular Hbond substituents is 1. The second kappa shape index (κ2) is 12.6. The molecule has 0 radical (unpaired) electrons. The molecule has 1 fully saturated rings. The first-order valence-electron chi connectivity index (χ1n) is 14.6. The molecular weight excluding hydrogens is 507 g/mol. The Morgan fingerprint density at radius 3 is 2.42 bits per heavy atom. The molecule has 216 valence electrons. The van der Waals surface area contributed by atoms with Crippen molar-refractivity contribution >= 4 is 0 Å². The van der Waals surface area contributed by atoms with E-state index in [1.165, 1.54) is 11.1 Å². The van der Waals surface area contributed by atoms with Crippen molar-refractivity contribution in [1.82, 2.24) is 9.80 Å². The largest absolute Gasteiger partial charge is 0.508 e. The molecule has 2 aromatic rings. The van der Waals surface area contributed by atoms with Gasteiger partial charge in [-0.25, -0.2) is 4.39 Å². The van der Waals surface area contributed by atoms with Crippen LogP contribution >= 0.6 is 0 Å². The Bertz CT molecular complexity index is 1240. The van der Waals surface area contributed by atoms with Crippen molar-refractivity contribution in [2.24, 2.45) is 11.8 Å². The van der Waals surface area contributed by atoms with E-state index >= 15 is 4.39 Å². The van der Waals surface area contributed by atoms with Crippen LogP contribution in [-0.2, 0) is 28.9 Å². The van der Waals surface area contributed by atoms with Crippen molar-refractivity contribution in [3.63, 3.8) is 0 Å². The normalized spacial score (nSPS) is 23.8. The van der Waals surface area contributed by atoms with Crippen LogP contribution in [0.2, 0.25) is 0 Å². The first-order valence-corrected chi connectivity index (χ1v) is 14.6. The second-order valence-electron chi connectivity index (χ2n) is 11.4. The van der Waals surface area contributed by atoms with Crippen LogP contribution in [0.25, 0.3) is 0 Å². The molecule has 3 aliphatic rings. The molecular formula is C33H43FN2O4. The number of likely N-dealkylation sites (tertiary alicyclic amines) is 1. The summed E-state index contributed by atoms with van der Waals surface area (Å²) < 4.78 is 32.7. The van der Waals surface area contributed by atoms with Crippen molar-refractivity contribution in [1.29, 1.82) is 0 Å². The molecule has 0 amide bonds. The zero-order chi connectivity index (χ0) is 28.2. The molecule has 40 heavy (non-hydrogen) atoms. The molecule has 2 aliphatic carbocycles. The summed E-state index contributed by atoms with van der Waals surface area (Å²) >= 11 is 0. The van der Waals surface area contributed by atoms with Crippen LogP contribution in [0, 0.1) is 17.7 Å². The highest BCUT2D eigenvalue weighted by Gasteiger charge is 2.37. The maximum Gasteiger partial charge on any atom is 0.165 e. The molecule has 1 N–H and O–H groups in total. The van der Waals surface area contributed by atoms with Gasteiger partial charge >= 0.3 is 0 Å². The fraction of sp³-hybridized carbons (Fsp3) is 0.515. The first kappa shape index (κ1) is 28.5. The fourth-order valence-electron chi connectivity index (χ4n) is 6.59. The zero-order valence-electron chi connectivity index (χ0n) is 24.2. The number of phenols is 1. The smallest absolute Gasteiger partial charge is 0.165 e. The number of piperidine rings is 1. The molecule has 6 nitrogen and oxygen atoms in total. The Morgan fingerprint density at radius 1 is 0.975 bits per heavy atom. The van der Waals surface area contributed by atoms with Crippen molar-refractivity contribution in [2.75, 3.05) is 40.9 Å². The maximum atomic E-state index is 15.2. The first-order chi connectivity index (χ1) is 19.4. The lowest BCUT2D eigenvalue weighted by Crippen LogP contribution is -2.44. The molecule has 5 rings (SSSR count). The van der Waals surface area contributed by atoms with Gasteiger partial charge in [0, 0.05) is 31.6 Å². The van der Waals surface area contributed by atoms with Crippen LogP contribution in [0.3, 0.4) is 0 Å². The molecule has 0 spiro atoms. The number of benzene rings is 2. The van der Waals surface area contributed by atoms with E-state index in [2.05, 4.69) is 42.0 Å². The van der Waals surface area contributed by atoms with Crippen molar-refractivity contribution < 1.29 is 23.7 Å². The minimum Gasteiger partial charge on any atom is -0.508 e. The zero-order valence-corrected chi connectivity index (χ0v) is 24.2. The van der Waals surface area contributed by atoms with E-state index in [0.29, 0.717) is 24.0 Å². The minimum absolute atomic E-state index is 0.0654. The third-order valence-corrected chi connectivity index (χ3v) is 8.91. The molecule has 1 saturated heterocycles. The number of methoxy groups -OCH3 is 2. The lowest BCUT2D eigenvalue weighted by molar-refractivity contribution is 0.110. The molecule has 0 saturated carbocycles. The summed E-state index contributed by atoms with van der Waals surface area (Å²) in [5.41, 5.74) is 3.46. The number of rotatable bonds is 9. The van der Waals surface area contributed by atoms with Gasteiger partial charge in [0.2, 0.25) is 0 Å². The Morgan fingerprint density at radius 2 is 1.73 bits per heavy atom. The third-order valence-electron chi connectivity index (χ3n) is 8.91. The van der Waals surface area contributed by atoms with Gasteiger partial charge < -0.3 is 24.2 Å². The van der Waals surface area contributed by atoms with Gasteiger partial charge in [0.05, 0.1) is 14.2 Å². The number of hydrogen-bond donors (Lipinski definition) is 1. The van der Waals surface area contributed by atoms with Gasteiger partial charge in [0.25, 0.3) is 0 Å². The van der Waals surface area contributed by atoms with Crippen LogP contribution in [0.5, 0.6) is 11.5 Å². The Kier molecular flexibility index (Phi) is 9.01. The van der Waals surface area contributed by atoms with E-state index in [1.54, 1.807) is 32.4 Å². The topological polar surface area (TPSA) is 54.4 Å². The van der Waals surface area contributed by atoms with Gasteiger partial charge in [-0.1, -0.05) is 19.1 Å². The van der Waals surface area contributed by atoms with Crippen LogP contribution in [-0.4, -0.2) is 68.0 Å². The Labute approximate surface area is 238 Å². The number of hydrogen-bond acceptors (Lipinski definition) is 6. The molecule has 7 heteroatoms. The number of nitrogens with zero attached hydrogens (tertiary/aromatic N) is 2. The van der Waals surface area contributed by atoms with E-state index in [1.807, 2.05) is 12.1 Å². The molecule has 3 atom stereocenters. The van der Waals surface area contributed by atoms with Crippen molar-refractivity contribution in [3.8, 4) is 11.5 Å². The van der Waals surface area contributed by atoms with E-state index in [4.69, 9.17) is 14.2 Å². The Balaban J connectivity index is 1.35. The lowest BCUT2D eigenvalue weighted by atomic mass is 9.72. The molecule has 0 bridgehead atoms. The van der Waals surface area contributed by atoms with Crippen molar-refractivity contribution in [2.45, 2.75) is 57.7 Å². The summed E-state index contributed by atoms with van der Waals surface area (Å²) in [6.45, 7) is 5.52. The highest BCUT2D eigenvalue weighted by atomic mass is 19.1. The van der Waals surface area contributed by atoms with E-state index in [0.717, 1.165) is 68.8 Å². The van der Waals surface area contributed by atoms with E-state index < -0.39 is 0 Å². The number of ether oxygens (including phenoxy) is 3. The minimum atomic E-state index is -0.297. The van der Waals surface area contributed by atoms with Gasteiger partial charge in [0.1, 0.15) is 11.9 Å². The van der Waals surface area contributed by atoms with Gasteiger partial charge in [-0.2, -0.15) is 0 Å². The van der Waals surface area contributed by atoms with Gasteiger partial charge in [-0.3, -0.25) is 4.90 Å². The summed E-state index contributed by atoms with van der Waals surface area (Å²) in [5, 5.41) is 9.95. The van der Waals surface area contributed by atoms with Crippen LogP contribution in [0.15, 0.2) is 60.1 Å². The monoisotopic (exact) mass is 550 g/mol. The average Bonchev–Trinajstić information content (AvgIpc) is 2.97. The number of halogens is 1. The summed E-state index contributed by atoms with van der Waals surface area (Å²) in [5.74, 6) is 2.47. The molecule has 2 aromatic carbocycles. The van der Waals surface area contributed by atoms with Gasteiger partial charge in [0.15, 0.2) is 23.1 Å².